The van der Waals surface area contributed by atoms with Crippen LogP contribution in [0.4, 0.5) is 0 Å². The van der Waals surface area contributed by atoms with Gasteiger partial charge in [0, 0.05) is 0 Å². The van der Waals surface area contributed by atoms with Crippen molar-refractivity contribution < 1.29 is 0 Å². The van der Waals surface area contributed by atoms with E-state index in [2.05, 4.69) is 101 Å². The van der Waals surface area contributed by atoms with Crippen molar-refractivity contribution in [2.24, 2.45) is 11.8 Å². The van der Waals surface area contributed by atoms with Gasteiger partial charge in [0.25, 0.3) is 0 Å². The van der Waals surface area contributed by atoms with Crippen LogP contribution < -0.4 is 0 Å². The maximum absolute atomic E-state index is 2.67. The zero-order chi connectivity index (χ0) is 24.5. The first-order valence-electron chi connectivity index (χ1n) is 13.4. The van der Waals surface area contributed by atoms with Crippen LogP contribution in [0.2, 0.25) is 13.1 Å². The lowest BCUT2D eigenvalue weighted by atomic mass is 9.87. The van der Waals surface area contributed by atoms with Crippen molar-refractivity contribution in [3.05, 3.63) is 116 Å². The normalized spacial score (nSPS) is 23.8. The second kappa shape index (κ2) is 8.20. The molecule has 0 spiro atoms. The Morgan fingerprint density at radius 1 is 0.714 bits per heavy atom. The molecule has 0 N–H and O–H groups in total. The number of allylic oxidation sites excluding steroid dienone is 10. The Bertz CT molecular complexity index is 1400. The minimum atomic E-state index is -1.79. The zero-order valence-corrected chi connectivity index (χ0v) is 23.3. The molecule has 0 heterocycles. The second-order valence-electron chi connectivity index (χ2n) is 11.9. The van der Waals surface area contributed by atoms with Gasteiger partial charge in [-0.05, 0) is 110 Å². The molecule has 2 unspecified atom stereocenters. The quantitative estimate of drug-likeness (QED) is 0.387. The summed E-state index contributed by atoms with van der Waals surface area (Å²) in [6.07, 6.45) is 9.85. The van der Waals surface area contributed by atoms with E-state index < -0.39 is 8.07 Å². The van der Waals surface area contributed by atoms with Gasteiger partial charge in [-0.2, -0.15) is 0 Å². The lowest BCUT2D eigenvalue weighted by Gasteiger charge is -2.34. The molecule has 0 bridgehead atoms. The van der Waals surface area contributed by atoms with Crippen LogP contribution in [0.1, 0.15) is 61.8 Å². The molecule has 0 saturated heterocycles. The molecule has 0 saturated carbocycles. The Kier molecular flexibility index (Phi) is 5.34. The number of hydrogen-bond donors (Lipinski definition) is 0. The fourth-order valence-electron chi connectivity index (χ4n) is 8.19. The lowest BCUT2D eigenvalue weighted by molar-refractivity contribution is 0.550. The van der Waals surface area contributed by atoms with Gasteiger partial charge in [0.1, 0.15) is 8.07 Å². The van der Waals surface area contributed by atoms with Crippen LogP contribution in [0.5, 0.6) is 0 Å². The number of aryl methyl sites for hydroxylation is 2. The molecule has 0 radical (unpaired) electrons. The third-order valence-corrected chi connectivity index (χ3v) is 13.5. The first-order valence-corrected chi connectivity index (χ1v) is 16.4. The molecule has 2 aromatic rings. The van der Waals surface area contributed by atoms with Crippen LogP contribution in [0, 0.1) is 25.7 Å². The maximum Gasteiger partial charge on any atom is 0.108 e. The van der Waals surface area contributed by atoms with Crippen molar-refractivity contribution in [3.8, 4) is 0 Å². The standard InChI is InChI=1S/C34H38Si/c1-21-11-7-9-13-25(21)27-15-17-29-31(27)19-23(3)33(29)35(5,6)34-24(4)20-32-28(16-18-30(32)34)26-14-10-8-12-22(26)2/h7-16,29,31H,17-20H2,1-6H3. The average Bonchev–Trinajstić information content (AvgIpc) is 3.54. The van der Waals surface area contributed by atoms with Gasteiger partial charge >= 0.3 is 0 Å². The summed E-state index contributed by atoms with van der Waals surface area (Å²) in [5.74, 6) is 1.39. The molecule has 4 aliphatic carbocycles. The molecular weight excluding hydrogens is 436 g/mol. The second-order valence-corrected chi connectivity index (χ2v) is 16.2. The van der Waals surface area contributed by atoms with E-state index in [4.69, 9.17) is 0 Å². The molecule has 0 nitrogen and oxygen atoms in total. The number of hydrogen-bond acceptors (Lipinski definition) is 0. The predicted molar refractivity (Wildman–Crippen MR) is 154 cm³/mol. The molecule has 0 amide bonds. The molecule has 0 aromatic heterocycles. The molecule has 0 aliphatic heterocycles. The lowest BCUT2D eigenvalue weighted by Crippen LogP contribution is -2.37. The van der Waals surface area contributed by atoms with Crippen molar-refractivity contribution >= 4 is 19.2 Å². The highest BCUT2D eigenvalue weighted by molar-refractivity contribution is 6.92. The van der Waals surface area contributed by atoms with Gasteiger partial charge < -0.3 is 0 Å². The SMILES string of the molecule is CC1=C([Si](C)(C)C2=C(C)CC3C(c4ccccc4C)=CCC23)C2=C(C1)C(c1ccccc1C)=CC2. The summed E-state index contributed by atoms with van der Waals surface area (Å²) in [5.41, 5.74) is 15.5. The number of fused-ring (bicyclic) bond motifs is 1. The summed E-state index contributed by atoms with van der Waals surface area (Å²) in [6, 6.07) is 17.9. The summed E-state index contributed by atoms with van der Waals surface area (Å²) in [6.45, 7) is 14.8. The molecule has 6 rings (SSSR count). The number of benzene rings is 2. The summed E-state index contributed by atoms with van der Waals surface area (Å²) >= 11 is 0. The highest BCUT2D eigenvalue weighted by Gasteiger charge is 2.48. The van der Waals surface area contributed by atoms with Crippen molar-refractivity contribution in [3.63, 3.8) is 0 Å². The van der Waals surface area contributed by atoms with Crippen molar-refractivity contribution in [2.75, 3.05) is 0 Å². The molecule has 2 atom stereocenters. The number of rotatable bonds is 4. The third-order valence-electron chi connectivity index (χ3n) is 9.39. The topological polar surface area (TPSA) is 0 Å². The van der Waals surface area contributed by atoms with Crippen LogP contribution in [0.25, 0.3) is 11.1 Å². The van der Waals surface area contributed by atoms with Crippen LogP contribution in [-0.2, 0) is 0 Å². The minimum absolute atomic E-state index is 0.679. The highest BCUT2D eigenvalue weighted by atomic mass is 28.3. The molecule has 1 heteroatoms. The van der Waals surface area contributed by atoms with Gasteiger partial charge in [0.05, 0.1) is 0 Å². The van der Waals surface area contributed by atoms with Crippen LogP contribution in [0.3, 0.4) is 0 Å². The maximum atomic E-state index is 2.67. The monoisotopic (exact) mass is 474 g/mol. The van der Waals surface area contributed by atoms with E-state index in [1.807, 2.05) is 5.20 Å². The van der Waals surface area contributed by atoms with Crippen molar-refractivity contribution in [1.29, 1.82) is 0 Å². The van der Waals surface area contributed by atoms with Crippen molar-refractivity contribution in [2.45, 2.75) is 66.5 Å². The van der Waals surface area contributed by atoms with E-state index in [1.54, 1.807) is 33.1 Å². The first-order chi connectivity index (χ1) is 16.8. The Balaban J connectivity index is 1.34. The van der Waals surface area contributed by atoms with E-state index in [0.29, 0.717) is 11.8 Å². The van der Waals surface area contributed by atoms with Crippen LogP contribution in [-0.4, -0.2) is 8.07 Å². The molecule has 35 heavy (non-hydrogen) atoms. The molecular formula is C34H38Si. The fraction of sp³-hybridized carbons (Fsp3) is 0.353. The summed E-state index contributed by atoms with van der Waals surface area (Å²) < 4.78 is 0. The van der Waals surface area contributed by atoms with Gasteiger partial charge in [0.15, 0.2) is 0 Å². The zero-order valence-electron chi connectivity index (χ0n) is 22.3. The molecule has 4 aliphatic rings. The van der Waals surface area contributed by atoms with Gasteiger partial charge in [-0.3, -0.25) is 0 Å². The van der Waals surface area contributed by atoms with E-state index in [1.165, 1.54) is 40.7 Å². The van der Waals surface area contributed by atoms with Gasteiger partial charge in [-0.15, -0.1) is 0 Å². The van der Waals surface area contributed by atoms with Crippen molar-refractivity contribution in [1.82, 2.24) is 0 Å². The Morgan fingerprint density at radius 3 is 2.06 bits per heavy atom. The van der Waals surface area contributed by atoms with E-state index in [-0.39, 0.29) is 0 Å². The summed E-state index contributed by atoms with van der Waals surface area (Å²) in [7, 11) is -1.79. The largest absolute Gasteiger partial charge is 0.108 e. The van der Waals surface area contributed by atoms with E-state index >= 15 is 0 Å². The van der Waals surface area contributed by atoms with E-state index in [0.717, 1.165) is 12.8 Å². The first kappa shape index (κ1) is 22.8. The van der Waals surface area contributed by atoms with Crippen LogP contribution >= 0.6 is 0 Å². The van der Waals surface area contributed by atoms with Crippen LogP contribution in [0.15, 0.2) is 93.4 Å². The molecule has 178 valence electrons. The van der Waals surface area contributed by atoms with Gasteiger partial charge in [0.2, 0.25) is 0 Å². The predicted octanol–water partition coefficient (Wildman–Crippen LogP) is 9.33. The molecule has 0 fully saturated rings. The Labute approximate surface area is 212 Å². The molecule has 2 aromatic carbocycles. The Morgan fingerprint density at radius 2 is 1.37 bits per heavy atom. The average molecular weight is 475 g/mol. The smallest absolute Gasteiger partial charge is 0.0798 e. The van der Waals surface area contributed by atoms with E-state index in [9.17, 15) is 0 Å². The van der Waals surface area contributed by atoms with Gasteiger partial charge in [-0.1, -0.05) is 95.3 Å². The third kappa shape index (κ3) is 3.38. The minimum Gasteiger partial charge on any atom is -0.0798 e. The van der Waals surface area contributed by atoms with Gasteiger partial charge in [-0.25, -0.2) is 0 Å². The summed E-state index contributed by atoms with van der Waals surface area (Å²) in [5, 5.41) is 3.65. The summed E-state index contributed by atoms with van der Waals surface area (Å²) in [4.78, 5) is 0. The Hall–Kier alpha value is -2.64. The highest BCUT2D eigenvalue weighted by Crippen LogP contribution is 2.57. The fourth-order valence-corrected chi connectivity index (χ4v) is 13.0.